The molecule has 0 unspecified atom stereocenters. The fraction of sp³-hybridized carbons (Fsp3) is 0.406. The third kappa shape index (κ3) is 5.60. The van der Waals surface area contributed by atoms with E-state index in [2.05, 4.69) is 47.4 Å². The maximum Gasteiger partial charge on any atom is 0.248 e. The SMILES string of the molecule is COCC(=O)N1CC[C@@H]2[C@H](C1)[C@@H](c1ccc(OC)c(OC)c1)CN2Cc1cccc(-c2ccccc2OC)c1. The molecule has 0 radical (unpaired) electrons. The quantitative estimate of drug-likeness (QED) is 0.395. The lowest BCUT2D eigenvalue weighted by molar-refractivity contribution is -0.137. The first-order chi connectivity index (χ1) is 19.1. The molecule has 0 aliphatic carbocycles. The highest BCUT2D eigenvalue weighted by Crippen LogP contribution is 2.44. The fourth-order valence-corrected chi connectivity index (χ4v) is 6.36. The van der Waals surface area contributed by atoms with Crippen molar-refractivity contribution < 1.29 is 23.7 Å². The molecule has 3 atom stereocenters. The Morgan fingerprint density at radius 2 is 1.64 bits per heavy atom. The Morgan fingerprint density at radius 3 is 2.41 bits per heavy atom. The molecule has 2 aliphatic rings. The van der Waals surface area contributed by atoms with Crippen LogP contribution in [0.4, 0.5) is 0 Å². The molecule has 7 nitrogen and oxygen atoms in total. The summed E-state index contributed by atoms with van der Waals surface area (Å²) in [6.07, 6.45) is 0.941. The van der Waals surface area contributed by atoms with Crippen molar-refractivity contribution >= 4 is 5.91 Å². The van der Waals surface area contributed by atoms with Gasteiger partial charge in [0.1, 0.15) is 12.4 Å². The molecule has 2 fully saturated rings. The Hall–Kier alpha value is -3.55. The van der Waals surface area contributed by atoms with E-state index in [4.69, 9.17) is 18.9 Å². The highest BCUT2D eigenvalue weighted by Gasteiger charge is 2.46. The van der Waals surface area contributed by atoms with Crippen molar-refractivity contribution in [3.8, 4) is 28.4 Å². The molecular weight excluding hydrogens is 492 g/mol. The number of nitrogens with zero attached hydrogens (tertiary/aromatic N) is 2. The van der Waals surface area contributed by atoms with E-state index in [-0.39, 0.29) is 18.4 Å². The number of benzene rings is 3. The van der Waals surface area contributed by atoms with Crippen molar-refractivity contribution in [3.05, 3.63) is 77.9 Å². The predicted octanol–water partition coefficient (Wildman–Crippen LogP) is 4.84. The van der Waals surface area contributed by atoms with Crippen LogP contribution in [0.1, 0.15) is 23.5 Å². The summed E-state index contributed by atoms with van der Waals surface area (Å²) in [7, 11) is 6.62. The van der Waals surface area contributed by atoms with E-state index in [9.17, 15) is 4.79 Å². The van der Waals surface area contributed by atoms with Crippen LogP contribution in [-0.4, -0.2) is 76.4 Å². The van der Waals surface area contributed by atoms with E-state index in [0.717, 1.165) is 61.0 Å². The second-order valence-corrected chi connectivity index (χ2v) is 10.3. The minimum absolute atomic E-state index is 0.0602. The van der Waals surface area contributed by atoms with Crippen LogP contribution in [0.5, 0.6) is 17.2 Å². The van der Waals surface area contributed by atoms with Crippen LogP contribution >= 0.6 is 0 Å². The highest BCUT2D eigenvalue weighted by molar-refractivity contribution is 5.77. The average Bonchev–Trinajstić information content (AvgIpc) is 3.34. The lowest BCUT2D eigenvalue weighted by Crippen LogP contribution is -2.49. The zero-order valence-corrected chi connectivity index (χ0v) is 23.3. The monoisotopic (exact) mass is 530 g/mol. The summed E-state index contributed by atoms with van der Waals surface area (Å²) in [4.78, 5) is 17.3. The number of piperidine rings is 1. The van der Waals surface area contributed by atoms with Gasteiger partial charge >= 0.3 is 0 Å². The number of hydrogen-bond donors (Lipinski definition) is 0. The molecule has 0 bridgehead atoms. The largest absolute Gasteiger partial charge is 0.496 e. The van der Waals surface area contributed by atoms with Gasteiger partial charge in [0.05, 0.1) is 21.3 Å². The van der Waals surface area contributed by atoms with E-state index in [1.54, 1.807) is 28.4 Å². The van der Waals surface area contributed by atoms with Gasteiger partial charge in [0, 0.05) is 56.7 Å². The van der Waals surface area contributed by atoms with E-state index in [1.807, 2.05) is 29.2 Å². The molecule has 0 spiro atoms. The first-order valence-electron chi connectivity index (χ1n) is 13.5. The van der Waals surface area contributed by atoms with Crippen molar-refractivity contribution in [1.82, 2.24) is 9.80 Å². The van der Waals surface area contributed by atoms with Gasteiger partial charge < -0.3 is 23.8 Å². The van der Waals surface area contributed by atoms with Gasteiger partial charge in [0.15, 0.2) is 11.5 Å². The predicted molar refractivity (Wildman–Crippen MR) is 151 cm³/mol. The highest BCUT2D eigenvalue weighted by atomic mass is 16.5. The summed E-state index contributed by atoms with van der Waals surface area (Å²) >= 11 is 0. The zero-order chi connectivity index (χ0) is 27.4. The zero-order valence-electron chi connectivity index (χ0n) is 23.3. The van der Waals surface area contributed by atoms with Gasteiger partial charge in [0.2, 0.25) is 5.91 Å². The second kappa shape index (κ2) is 12.1. The van der Waals surface area contributed by atoms with Gasteiger partial charge in [0.25, 0.3) is 0 Å². The van der Waals surface area contributed by atoms with Crippen LogP contribution in [0.2, 0.25) is 0 Å². The fourth-order valence-electron chi connectivity index (χ4n) is 6.36. The number of fused-ring (bicyclic) bond motifs is 1. The molecular formula is C32H38N2O5. The van der Waals surface area contributed by atoms with Crippen molar-refractivity contribution in [1.29, 1.82) is 0 Å². The van der Waals surface area contributed by atoms with Gasteiger partial charge in [-0.3, -0.25) is 9.69 Å². The van der Waals surface area contributed by atoms with Crippen molar-refractivity contribution in [3.63, 3.8) is 0 Å². The lowest BCUT2D eigenvalue weighted by atomic mass is 9.81. The van der Waals surface area contributed by atoms with E-state index < -0.39 is 0 Å². The maximum absolute atomic E-state index is 12.8. The molecule has 2 aliphatic heterocycles. The minimum atomic E-state index is 0.0602. The van der Waals surface area contributed by atoms with Gasteiger partial charge in [-0.2, -0.15) is 0 Å². The summed E-state index contributed by atoms with van der Waals surface area (Å²) in [6.45, 7) is 3.36. The van der Waals surface area contributed by atoms with E-state index >= 15 is 0 Å². The molecule has 206 valence electrons. The molecule has 2 saturated heterocycles. The number of rotatable bonds is 9. The van der Waals surface area contributed by atoms with Crippen LogP contribution in [0.15, 0.2) is 66.7 Å². The number of carbonyl (C=O) groups is 1. The number of methoxy groups -OCH3 is 4. The van der Waals surface area contributed by atoms with Gasteiger partial charge in [-0.05, 0) is 47.4 Å². The molecule has 0 N–H and O–H groups in total. The number of ether oxygens (including phenoxy) is 4. The maximum atomic E-state index is 12.8. The molecule has 3 aromatic carbocycles. The number of para-hydroxylation sites is 1. The molecule has 3 aromatic rings. The smallest absolute Gasteiger partial charge is 0.248 e. The number of hydrogen-bond acceptors (Lipinski definition) is 6. The second-order valence-electron chi connectivity index (χ2n) is 10.3. The average molecular weight is 531 g/mol. The topological polar surface area (TPSA) is 60.5 Å². The summed E-state index contributed by atoms with van der Waals surface area (Å²) in [6, 6.07) is 23.5. The van der Waals surface area contributed by atoms with E-state index in [0.29, 0.717) is 12.0 Å². The Labute approximate surface area is 231 Å². The van der Waals surface area contributed by atoms with E-state index in [1.165, 1.54) is 11.1 Å². The number of likely N-dealkylation sites (tertiary alicyclic amines) is 2. The lowest BCUT2D eigenvalue weighted by Gasteiger charge is -2.39. The molecule has 2 heterocycles. The van der Waals surface area contributed by atoms with Gasteiger partial charge in [-0.25, -0.2) is 0 Å². The molecule has 5 rings (SSSR count). The summed E-state index contributed by atoms with van der Waals surface area (Å²) in [5.41, 5.74) is 4.73. The first-order valence-corrected chi connectivity index (χ1v) is 13.5. The van der Waals surface area contributed by atoms with Crippen molar-refractivity contribution in [2.45, 2.75) is 24.9 Å². The Kier molecular flexibility index (Phi) is 8.38. The van der Waals surface area contributed by atoms with Crippen molar-refractivity contribution in [2.75, 3.05) is 54.7 Å². The number of carbonyl (C=O) groups excluding carboxylic acids is 1. The Bertz CT molecular complexity index is 1300. The summed E-state index contributed by atoms with van der Waals surface area (Å²) in [5, 5.41) is 0. The van der Waals surface area contributed by atoms with Crippen molar-refractivity contribution in [2.24, 2.45) is 5.92 Å². The molecule has 0 saturated carbocycles. The third-order valence-corrected chi connectivity index (χ3v) is 8.22. The van der Waals surface area contributed by atoms with Crippen LogP contribution in [0.3, 0.4) is 0 Å². The standard InChI is InChI=1S/C32H38N2O5/c1-36-21-32(35)33-15-14-28-27(20-33)26(24-12-13-30(38-3)31(17-24)39-4)19-34(28)18-22-8-7-9-23(16-22)25-10-5-6-11-29(25)37-2/h5-13,16-17,26-28H,14-15,18-21H2,1-4H3/t26-,27-,28-/m1/s1. The molecule has 39 heavy (non-hydrogen) atoms. The first kappa shape index (κ1) is 27.0. The normalized spacial score (nSPS) is 20.9. The molecule has 0 aromatic heterocycles. The van der Waals surface area contributed by atoms with Crippen LogP contribution in [0, 0.1) is 5.92 Å². The van der Waals surface area contributed by atoms with Gasteiger partial charge in [-0.1, -0.05) is 42.5 Å². The number of amides is 1. The molecule has 7 heteroatoms. The third-order valence-electron chi connectivity index (χ3n) is 8.22. The van der Waals surface area contributed by atoms with Crippen LogP contribution in [-0.2, 0) is 16.1 Å². The summed E-state index contributed by atoms with van der Waals surface area (Å²) in [5.74, 6) is 2.97. The van der Waals surface area contributed by atoms with Gasteiger partial charge in [-0.15, -0.1) is 0 Å². The molecule has 1 amide bonds. The Balaban J connectivity index is 1.43. The van der Waals surface area contributed by atoms with Crippen LogP contribution < -0.4 is 14.2 Å². The Morgan fingerprint density at radius 1 is 0.846 bits per heavy atom. The minimum Gasteiger partial charge on any atom is -0.496 e. The summed E-state index contributed by atoms with van der Waals surface area (Å²) < 4.78 is 21.9. The van der Waals surface area contributed by atoms with Crippen LogP contribution in [0.25, 0.3) is 11.1 Å².